The number of benzene rings is 1. The minimum atomic E-state index is -0.713. The van der Waals surface area contributed by atoms with Gasteiger partial charge in [0.1, 0.15) is 11.6 Å². The Morgan fingerprint density at radius 2 is 2.22 bits per heavy atom. The largest absolute Gasteiger partial charge is 0.352 e. The van der Waals surface area contributed by atoms with Crippen LogP contribution in [0.3, 0.4) is 0 Å². The monoisotopic (exact) mass is 251 g/mol. The van der Waals surface area contributed by atoms with E-state index in [0.29, 0.717) is 12.8 Å². The van der Waals surface area contributed by atoms with Crippen LogP contribution in [0.1, 0.15) is 25.3 Å². The van der Waals surface area contributed by atoms with E-state index in [0.717, 1.165) is 12.1 Å². The van der Waals surface area contributed by atoms with Gasteiger partial charge in [-0.05, 0) is 18.1 Å². The summed E-state index contributed by atoms with van der Waals surface area (Å²) in [6, 6.07) is 3.06. The molecule has 0 spiro atoms. The van der Waals surface area contributed by atoms with Crippen LogP contribution in [0.4, 0.5) is 8.78 Å². The molecule has 18 heavy (non-hydrogen) atoms. The van der Waals surface area contributed by atoms with Crippen molar-refractivity contribution in [1.29, 1.82) is 0 Å². The van der Waals surface area contributed by atoms with E-state index in [1.807, 2.05) is 6.92 Å². The number of rotatable bonds is 5. The molecule has 1 N–H and O–H groups in total. The molecule has 0 radical (unpaired) electrons. The molecule has 1 amide bonds. The van der Waals surface area contributed by atoms with Gasteiger partial charge in [0.05, 0.1) is 6.42 Å². The maximum Gasteiger partial charge on any atom is 0.224 e. The van der Waals surface area contributed by atoms with E-state index in [-0.39, 0.29) is 23.9 Å². The van der Waals surface area contributed by atoms with Crippen LogP contribution in [0.25, 0.3) is 0 Å². The molecule has 1 unspecified atom stereocenters. The van der Waals surface area contributed by atoms with Gasteiger partial charge in [-0.15, -0.1) is 12.3 Å². The number of nitrogens with one attached hydrogen (secondary N) is 1. The third kappa shape index (κ3) is 4.17. The van der Waals surface area contributed by atoms with Crippen molar-refractivity contribution in [2.24, 2.45) is 0 Å². The van der Waals surface area contributed by atoms with Crippen LogP contribution in [-0.2, 0) is 11.2 Å². The maximum absolute atomic E-state index is 13.3. The number of terminal acetylenes is 1. The first-order valence-corrected chi connectivity index (χ1v) is 5.73. The van der Waals surface area contributed by atoms with E-state index in [2.05, 4.69) is 11.2 Å². The molecule has 1 aromatic carbocycles. The molecule has 1 aromatic rings. The zero-order valence-electron chi connectivity index (χ0n) is 10.2. The highest BCUT2D eigenvalue weighted by atomic mass is 19.1. The maximum atomic E-state index is 13.3. The Labute approximate surface area is 105 Å². The van der Waals surface area contributed by atoms with Gasteiger partial charge in [0, 0.05) is 18.5 Å². The fraction of sp³-hybridized carbons (Fsp3) is 0.357. The molecule has 1 atom stereocenters. The minimum Gasteiger partial charge on any atom is -0.352 e. The molecule has 0 bridgehead atoms. The molecule has 4 heteroatoms. The van der Waals surface area contributed by atoms with Crippen LogP contribution >= 0.6 is 0 Å². The molecule has 0 saturated heterocycles. The summed E-state index contributed by atoms with van der Waals surface area (Å²) >= 11 is 0. The van der Waals surface area contributed by atoms with Crippen LogP contribution < -0.4 is 5.32 Å². The van der Waals surface area contributed by atoms with Crippen molar-refractivity contribution in [1.82, 2.24) is 5.32 Å². The fourth-order valence-electron chi connectivity index (χ4n) is 1.56. The van der Waals surface area contributed by atoms with Gasteiger partial charge in [-0.3, -0.25) is 4.79 Å². The summed E-state index contributed by atoms with van der Waals surface area (Å²) in [4.78, 5) is 11.7. The van der Waals surface area contributed by atoms with E-state index in [1.165, 1.54) is 6.07 Å². The van der Waals surface area contributed by atoms with Gasteiger partial charge in [0.15, 0.2) is 0 Å². The number of hydrogen-bond donors (Lipinski definition) is 1. The normalized spacial score (nSPS) is 11.7. The van der Waals surface area contributed by atoms with Gasteiger partial charge in [-0.25, -0.2) is 8.78 Å². The van der Waals surface area contributed by atoms with E-state index in [4.69, 9.17) is 6.42 Å². The summed E-state index contributed by atoms with van der Waals surface area (Å²) in [7, 11) is 0. The fourth-order valence-corrected chi connectivity index (χ4v) is 1.56. The summed E-state index contributed by atoms with van der Waals surface area (Å²) < 4.78 is 26.0. The quantitative estimate of drug-likeness (QED) is 0.800. The van der Waals surface area contributed by atoms with Crippen LogP contribution in [-0.4, -0.2) is 11.9 Å². The lowest BCUT2D eigenvalue weighted by atomic mass is 10.1. The molecule has 0 aliphatic carbocycles. The smallest absolute Gasteiger partial charge is 0.224 e. The van der Waals surface area contributed by atoms with Gasteiger partial charge in [-0.2, -0.15) is 0 Å². The summed E-state index contributed by atoms with van der Waals surface area (Å²) in [6.45, 7) is 1.90. The van der Waals surface area contributed by atoms with Crippen molar-refractivity contribution >= 4 is 5.91 Å². The molecule has 0 heterocycles. The number of carbonyl (C=O) groups excluding carboxylic acids is 1. The first kappa shape index (κ1) is 14.2. The van der Waals surface area contributed by atoms with Crippen LogP contribution in [0.2, 0.25) is 0 Å². The second kappa shape index (κ2) is 6.75. The van der Waals surface area contributed by atoms with E-state index < -0.39 is 11.6 Å². The lowest BCUT2D eigenvalue weighted by Gasteiger charge is -2.14. The van der Waals surface area contributed by atoms with Gasteiger partial charge >= 0.3 is 0 Å². The van der Waals surface area contributed by atoms with Crippen molar-refractivity contribution < 1.29 is 13.6 Å². The van der Waals surface area contributed by atoms with Crippen molar-refractivity contribution in [3.63, 3.8) is 0 Å². The van der Waals surface area contributed by atoms with Crippen molar-refractivity contribution in [3.8, 4) is 12.3 Å². The molecule has 0 saturated carbocycles. The Kier molecular flexibility index (Phi) is 5.31. The van der Waals surface area contributed by atoms with Gasteiger partial charge in [0.2, 0.25) is 5.91 Å². The molecular weight excluding hydrogens is 236 g/mol. The number of amides is 1. The SMILES string of the molecule is C#CCC(CC)NC(=O)Cc1ccc(F)cc1F. The molecule has 0 aromatic heterocycles. The number of hydrogen-bond acceptors (Lipinski definition) is 1. The van der Waals surface area contributed by atoms with Crippen LogP contribution in [0.5, 0.6) is 0 Å². The Hall–Kier alpha value is -1.89. The molecule has 2 nitrogen and oxygen atoms in total. The average molecular weight is 251 g/mol. The standard InChI is InChI=1S/C14H15F2NO/c1-3-5-12(4-2)17-14(18)8-10-6-7-11(15)9-13(10)16/h1,6-7,9,12H,4-5,8H2,2H3,(H,17,18). The Morgan fingerprint density at radius 3 is 2.78 bits per heavy atom. The first-order valence-electron chi connectivity index (χ1n) is 5.73. The molecule has 0 aliphatic heterocycles. The molecular formula is C14H15F2NO. The molecule has 0 aliphatic rings. The molecule has 0 fully saturated rings. The third-order valence-electron chi connectivity index (χ3n) is 2.59. The van der Waals surface area contributed by atoms with Crippen LogP contribution in [0, 0.1) is 24.0 Å². The summed E-state index contributed by atoms with van der Waals surface area (Å²) in [6.07, 6.45) is 6.20. The highest BCUT2D eigenvalue weighted by Crippen LogP contribution is 2.10. The zero-order chi connectivity index (χ0) is 13.5. The van der Waals surface area contributed by atoms with Gasteiger partial charge < -0.3 is 5.32 Å². The highest BCUT2D eigenvalue weighted by Gasteiger charge is 2.12. The summed E-state index contributed by atoms with van der Waals surface area (Å²) in [5.41, 5.74) is 0.171. The summed E-state index contributed by atoms with van der Waals surface area (Å²) in [5, 5.41) is 2.72. The third-order valence-corrected chi connectivity index (χ3v) is 2.59. The van der Waals surface area contributed by atoms with Crippen molar-refractivity contribution in [3.05, 3.63) is 35.4 Å². The number of halogens is 2. The van der Waals surface area contributed by atoms with Gasteiger partial charge in [0.25, 0.3) is 0 Å². The predicted molar refractivity (Wildman–Crippen MR) is 65.7 cm³/mol. The van der Waals surface area contributed by atoms with E-state index in [9.17, 15) is 13.6 Å². The van der Waals surface area contributed by atoms with E-state index in [1.54, 1.807) is 0 Å². The highest BCUT2D eigenvalue weighted by molar-refractivity contribution is 5.78. The lowest BCUT2D eigenvalue weighted by molar-refractivity contribution is -0.121. The first-order chi connectivity index (χ1) is 8.56. The second-order valence-electron chi connectivity index (χ2n) is 3.99. The minimum absolute atomic E-state index is 0.106. The predicted octanol–water partition coefficient (Wildman–Crippen LogP) is 2.43. The Morgan fingerprint density at radius 1 is 1.50 bits per heavy atom. The molecule has 96 valence electrons. The summed E-state index contributed by atoms with van der Waals surface area (Å²) in [5.74, 6) is 0.782. The van der Waals surface area contributed by atoms with Crippen molar-refractivity contribution in [2.45, 2.75) is 32.2 Å². The van der Waals surface area contributed by atoms with Gasteiger partial charge in [-0.1, -0.05) is 13.0 Å². The van der Waals surface area contributed by atoms with Crippen LogP contribution in [0.15, 0.2) is 18.2 Å². The van der Waals surface area contributed by atoms with E-state index >= 15 is 0 Å². The lowest BCUT2D eigenvalue weighted by Crippen LogP contribution is -2.35. The second-order valence-corrected chi connectivity index (χ2v) is 3.99. The average Bonchev–Trinajstić information content (AvgIpc) is 2.32. The zero-order valence-corrected chi connectivity index (χ0v) is 10.2. The van der Waals surface area contributed by atoms with Crippen molar-refractivity contribution in [2.75, 3.05) is 0 Å². The Balaban J connectivity index is 2.62. The number of carbonyl (C=O) groups is 1. The Bertz CT molecular complexity index is 465. The topological polar surface area (TPSA) is 29.1 Å². The molecule has 1 rings (SSSR count).